The van der Waals surface area contributed by atoms with Crippen LogP contribution in [0.5, 0.6) is 0 Å². The first kappa shape index (κ1) is 26.7. The summed E-state index contributed by atoms with van der Waals surface area (Å²) in [6.07, 6.45) is 0. The molecule has 0 bridgehead atoms. The zero-order valence-corrected chi connectivity index (χ0v) is 27.1. The Morgan fingerprint density at radius 3 is 2.11 bits per heavy atom. The molecule has 0 spiro atoms. The lowest BCUT2D eigenvalue weighted by molar-refractivity contribution is 0.666. The fraction of sp³-hybridized carbons (Fsp3) is 0.0667. The monoisotopic (exact) mass is 617 g/mol. The van der Waals surface area contributed by atoms with Crippen LogP contribution in [0.2, 0.25) is 0 Å². The Morgan fingerprint density at radius 2 is 1.19 bits per heavy atom. The van der Waals surface area contributed by atoms with Crippen LogP contribution in [-0.4, -0.2) is 0 Å². The Morgan fingerprint density at radius 1 is 0.468 bits per heavy atom. The molecule has 0 radical (unpaired) electrons. The smallest absolute Gasteiger partial charge is 0.0554 e. The fourth-order valence-electron chi connectivity index (χ4n) is 8.34. The maximum Gasteiger partial charge on any atom is 0.0554 e. The Hall–Kier alpha value is -5.44. The molecule has 8 aromatic carbocycles. The van der Waals surface area contributed by atoms with Crippen molar-refractivity contribution in [2.75, 3.05) is 4.90 Å². The molecular weight excluding hydrogens is 587 g/mol. The zero-order chi connectivity index (χ0) is 31.3. The molecule has 1 heterocycles. The van der Waals surface area contributed by atoms with Gasteiger partial charge >= 0.3 is 0 Å². The summed E-state index contributed by atoms with van der Waals surface area (Å²) in [6, 6.07) is 56.2. The van der Waals surface area contributed by atoms with E-state index in [0.29, 0.717) is 0 Å². The van der Waals surface area contributed by atoms with Gasteiger partial charge in [0.25, 0.3) is 0 Å². The van der Waals surface area contributed by atoms with Gasteiger partial charge in [0.2, 0.25) is 0 Å². The molecule has 9 aromatic rings. The summed E-state index contributed by atoms with van der Waals surface area (Å²) in [7, 11) is 0. The molecule has 222 valence electrons. The molecule has 0 amide bonds. The van der Waals surface area contributed by atoms with E-state index in [2.05, 4.69) is 170 Å². The van der Waals surface area contributed by atoms with Crippen molar-refractivity contribution >= 4 is 80.9 Å². The van der Waals surface area contributed by atoms with Crippen molar-refractivity contribution in [2.24, 2.45) is 0 Å². The zero-order valence-electron chi connectivity index (χ0n) is 26.3. The van der Waals surface area contributed by atoms with E-state index in [-0.39, 0.29) is 5.41 Å². The Balaban J connectivity index is 1.22. The largest absolute Gasteiger partial charge is 0.310 e. The molecular formula is C45H31NS. The van der Waals surface area contributed by atoms with E-state index >= 15 is 0 Å². The number of thiophene rings is 1. The van der Waals surface area contributed by atoms with E-state index < -0.39 is 0 Å². The number of anilines is 3. The maximum atomic E-state index is 2.43. The van der Waals surface area contributed by atoms with Crippen molar-refractivity contribution in [3.05, 3.63) is 163 Å². The number of fused-ring (bicyclic) bond motifs is 12. The third-order valence-electron chi connectivity index (χ3n) is 10.4. The third kappa shape index (κ3) is 3.77. The molecule has 10 rings (SSSR count). The van der Waals surface area contributed by atoms with Crippen LogP contribution in [0, 0.1) is 0 Å². The minimum absolute atomic E-state index is 0.0557. The summed E-state index contributed by atoms with van der Waals surface area (Å²) in [5.74, 6) is 0. The minimum atomic E-state index is -0.0557. The molecule has 1 aliphatic rings. The lowest BCUT2D eigenvalue weighted by Crippen LogP contribution is -2.15. The number of para-hydroxylation sites is 1. The second-order valence-corrected chi connectivity index (χ2v) is 14.4. The van der Waals surface area contributed by atoms with Crippen LogP contribution < -0.4 is 4.90 Å². The van der Waals surface area contributed by atoms with Gasteiger partial charge in [0.15, 0.2) is 0 Å². The van der Waals surface area contributed by atoms with Crippen LogP contribution in [0.1, 0.15) is 25.0 Å². The van der Waals surface area contributed by atoms with Crippen LogP contribution in [0.4, 0.5) is 17.1 Å². The van der Waals surface area contributed by atoms with Crippen molar-refractivity contribution in [1.29, 1.82) is 0 Å². The SMILES string of the molecule is CC1(C)c2ccccc2-c2ccc3c(ccc4ccc5cc(N(c6ccccc6)c6cccc7sc8ccccc8c67)ccc5c43)c21. The van der Waals surface area contributed by atoms with Gasteiger partial charge in [-0.25, -0.2) is 0 Å². The highest BCUT2D eigenvalue weighted by molar-refractivity contribution is 7.26. The molecule has 1 aromatic heterocycles. The lowest BCUT2D eigenvalue weighted by Gasteiger charge is -2.27. The van der Waals surface area contributed by atoms with Gasteiger partial charge in [0.1, 0.15) is 0 Å². The molecule has 0 saturated carbocycles. The van der Waals surface area contributed by atoms with Gasteiger partial charge in [-0.05, 0) is 97.0 Å². The first-order valence-electron chi connectivity index (χ1n) is 16.4. The summed E-state index contributed by atoms with van der Waals surface area (Å²) >= 11 is 1.87. The highest BCUT2D eigenvalue weighted by Crippen LogP contribution is 2.52. The predicted molar refractivity (Wildman–Crippen MR) is 204 cm³/mol. The number of hydrogen-bond acceptors (Lipinski definition) is 2. The Bertz CT molecular complexity index is 2720. The molecule has 0 fully saturated rings. The first-order chi connectivity index (χ1) is 23.1. The number of hydrogen-bond donors (Lipinski definition) is 0. The van der Waals surface area contributed by atoms with Crippen LogP contribution in [0.25, 0.3) is 63.6 Å². The molecule has 0 aliphatic heterocycles. The van der Waals surface area contributed by atoms with Crippen LogP contribution in [0.15, 0.2) is 152 Å². The van der Waals surface area contributed by atoms with Crippen molar-refractivity contribution in [1.82, 2.24) is 0 Å². The lowest BCUT2D eigenvalue weighted by atomic mass is 9.79. The summed E-state index contributed by atoms with van der Waals surface area (Å²) in [5, 5.41) is 10.4. The average molecular weight is 618 g/mol. The highest BCUT2D eigenvalue weighted by atomic mass is 32.1. The molecule has 0 atom stereocenters. The molecule has 0 saturated heterocycles. The van der Waals surface area contributed by atoms with Crippen LogP contribution in [-0.2, 0) is 5.41 Å². The Kier molecular flexibility index (Phi) is 5.57. The molecule has 0 N–H and O–H groups in total. The van der Waals surface area contributed by atoms with Gasteiger partial charge in [0.05, 0.1) is 5.69 Å². The molecule has 47 heavy (non-hydrogen) atoms. The van der Waals surface area contributed by atoms with Crippen molar-refractivity contribution in [2.45, 2.75) is 19.3 Å². The summed E-state index contributed by atoms with van der Waals surface area (Å²) in [4.78, 5) is 2.43. The van der Waals surface area contributed by atoms with Crippen molar-refractivity contribution < 1.29 is 0 Å². The summed E-state index contributed by atoms with van der Waals surface area (Å²) < 4.78 is 2.62. The maximum absolute atomic E-state index is 2.43. The van der Waals surface area contributed by atoms with E-state index in [1.54, 1.807) is 0 Å². The number of rotatable bonds is 3. The average Bonchev–Trinajstić information content (AvgIpc) is 3.61. The van der Waals surface area contributed by atoms with Gasteiger partial charge in [0, 0.05) is 37.0 Å². The normalized spacial score (nSPS) is 13.5. The quantitative estimate of drug-likeness (QED) is 0.178. The van der Waals surface area contributed by atoms with Crippen molar-refractivity contribution in [3.63, 3.8) is 0 Å². The van der Waals surface area contributed by atoms with E-state index in [1.165, 1.54) is 80.4 Å². The van der Waals surface area contributed by atoms with Crippen LogP contribution >= 0.6 is 11.3 Å². The summed E-state index contributed by atoms with van der Waals surface area (Å²) in [6.45, 7) is 4.76. The number of nitrogens with zero attached hydrogens (tertiary/aromatic N) is 1. The second kappa shape index (κ2) is 9.78. The third-order valence-corrected chi connectivity index (χ3v) is 11.5. The van der Waals surface area contributed by atoms with Crippen molar-refractivity contribution in [3.8, 4) is 11.1 Å². The molecule has 1 nitrogen and oxygen atoms in total. The molecule has 0 unspecified atom stereocenters. The highest BCUT2D eigenvalue weighted by Gasteiger charge is 2.36. The second-order valence-electron chi connectivity index (χ2n) is 13.3. The Labute approximate surface area is 278 Å². The van der Waals surface area contributed by atoms with Gasteiger partial charge in [-0.15, -0.1) is 11.3 Å². The van der Waals surface area contributed by atoms with E-state index in [1.807, 2.05) is 11.3 Å². The molecule has 1 aliphatic carbocycles. The van der Waals surface area contributed by atoms with Gasteiger partial charge < -0.3 is 4.90 Å². The van der Waals surface area contributed by atoms with Gasteiger partial charge in [-0.3, -0.25) is 0 Å². The standard InChI is InChI=1S/C45H31NS/c1-45(2)38-15-8-6-13-33(38)35-26-25-34-36(44(35)45)23-21-28-19-20-29-27-31(22-24-32(29)42(28)34)46(30-11-4-3-5-12-30)39-16-10-18-41-43(39)37-14-7-9-17-40(37)47-41/h3-27H,1-2H3. The summed E-state index contributed by atoms with van der Waals surface area (Å²) in [5.41, 5.74) is 9.05. The predicted octanol–water partition coefficient (Wildman–Crippen LogP) is 13.3. The topological polar surface area (TPSA) is 3.24 Å². The van der Waals surface area contributed by atoms with Crippen LogP contribution in [0.3, 0.4) is 0 Å². The van der Waals surface area contributed by atoms with E-state index in [4.69, 9.17) is 0 Å². The van der Waals surface area contributed by atoms with Gasteiger partial charge in [-0.1, -0.05) is 123 Å². The fourth-order valence-corrected chi connectivity index (χ4v) is 9.47. The van der Waals surface area contributed by atoms with Gasteiger partial charge in [-0.2, -0.15) is 0 Å². The minimum Gasteiger partial charge on any atom is -0.310 e. The van der Waals surface area contributed by atoms with E-state index in [0.717, 1.165) is 11.4 Å². The first-order valence-corrected chi connectivity index (χ1v) is 17.2. The van der Waals surface area contributed by atoms with E-state index in [9.17, 15) is 0 Å². The molecule has 2 heteroatoms. The number of benzene rings is 8.